The molecule has 0 saturated heterocycles. The summed E-state index contributed by atoms with van der Waals surface area (Å²) in [6.07, 6.45) is 6.28. The summed E-state index contributed by atoms with van der Waals surface area (Å²) >= 11 is 0. The average molecular weight is 124 g/mol. The van der Waals surface area contributed by atoms with E-state index in [0.29, 0.717) is 0 Å². The molecule has 0 aliphatic rings. The molecule has 0 radical (unpaired) electrons. The van der Waals surface area contributed by atoms with E-state index < -0.39 is 0 Å². The zero-order valence-electron chi connectivity index (χ0n) is 5.75. The molecule has 0 aromatic rings. The molecular formula is C7H12N2. The van der Waals surface area contributed by atoms with Gasteiger partial charge in [0, 0.05) is 6.20 Å². The van der Waals surface area contributed by atoms with Crippen LogP contribution in [0.4, 0.5) is 0 Å². The Kier molecular flexibility index (Phi) is 6.36. The van der Waals surface area contributed by atoms with E-state index in [1.807, 2.05) is 19.1 Å². The highest BCUT2D eigenvalue weighted by Crippen LogP contribution is 1.84. The maximum atomic E-state index is 3.75. The van der Waals surface area contributed by atoms with Crippen LogP contribution >= 0.6 is 0 Å². The maximum Gasteiger partial charge on any atom is 0.0574 e. The third kappa shape index (κ3) is 7.08. The Morgan fingerprint density at radius 1 is 1.56 bits per heavy atom. The largest absolute Gasteiger partial charge is 0.190 e. The SMILES string of the molecule is C=CC/C=C/N=NCC. The summed E-state index contributed by atoms with van der Waals surface area (Å²) in [4.78, 5) is 0. The van der Waals surface area contributed by atoms with Gasteiger partial charge in [-0.25, -0.2) is 0 Å². The van der Waals surface area contributed by atoms with Crippen LogP contribution in [0, 0.1) is 0 Å². The van der Waals surface area contributed by atoms with E-state index in [-0.39, 0.29) is 0 Å². The van der Waals surface area contributed by atoms with Crippen LogP contribution in [-0.4, -0.2) is 6.54 Å². The van der Waals surface area contributed by atoms with E-state index in [2.05, 4.69) is 16.8 Å². The Bertz CT molecular complexity index is 114. The molecule has 2 nitrogen and oxygen atoms in total. The van der Waals surface area contributed by atoms with Gasteiger partial charge in [0.2, 0.25) is 0 Å². The number of allylic oxidation sites excluding steroid dienone is 2. The molecule has 50 valence electrons. The topological polar surface area (TPSA) is 24.7 Å². The summed E-state index contributed by atoms with van der Waals surface area (Å²) in [5.41, 5.74) is 0. The molecule has 9 heavy (non-hydrogen) atoms. The van der Waals surface area contributed by atoms with E-state index in [1.165, 1.54) is 0 Å². The van der Waals surface area contributed by atoms with Crippen LogP contribution in [0.2, 0.25) is 0 Å². The van der Waals surface area contributed by atoms with Gasteiger partial charge in [-0.3, -0.25) is 0 Å². The zero-order chi connectivity index (χ0) is 6.95. The third-order valence-corrected chi connectivity index (χ3v) is 0.698. The molecule has 0 bridgehead atoms. The minimum atomic E-state index is 0.748. The molecule has 0 aromatic heterocycles. The quantitative estimate of drug-likeness (QED) is 0.406. The maximum absolute atomic E-state index is 3.75. The second-order valence-electron chi connectivity index (χ2n) is 1.48. The lowest BCUT2D eigenvalue weighted by Crippen LogP contribution is -1.60. The fraction of sp³-hybridized carbons (Fsp3) is 0.429. The van der Waals surface area contributed by atoms with Gasteiger partial charge in [0.15, 0.2) is 0 Å². The molecule has 0 heterocycles. The van der Waals surface area contributed by atoms with Crippen molar-refractivity contribution in [2.75, 3.05) is 6.54 Å². The number of nitrogens with zero attached hydrogens (tertiary/aromatic N) is 2. The molecule has 0 aliphatic carbocycles. The molecule has 0 N–H and O–H groups in total. The molecule has 0 rings (SSSR count). The van der Waals surface area contributed by atoms with Crippen LogP contribution < -0.4 is 0 Å². The summed E-state index contributed by atoms with van der Waals surface area (Å²) in [5, 5.41) is 7.47. The Labute approximate surface area is 56.0 Å². The lowest BCUT2D eigenvalue weighted by molar-refractivity contribution is 0.999. The summed E-state index contributed by atoms with van der Waals surface area (Å²) < 4.78 is 0. The van der Waals surface area contributed by atoms with Crippen molar-refractivity contribution in [3.63, 3.8) is 0 Å². The van der Waals surface area contributed by atoms with Gasteiger partial charge in [0.1, 0.15) is 0 Å². The first-order valence-corrected chi connectivity index (χ1v) is 3.04. The van der Waals surface area contributed by atoms with Crippen LogP contribution in [-0.2, 0) is 0 Å². The Morgan fingerprint density at radius 3 is 2.89 bits per heavy atom. The molecule has 2 heteroatoms. The summed E-state index contributed by atoms with van der Waals surface area (Å²) in [6.45, 7) is 6.25. The average Bonchev–Trinajstić information content (AvgIpc) is 1.89. The molecule has 0 atom stereocenters. The molecule has 0 amide bonds. The number of rotatable bonds is 4. The van der Waals surface area contributed by atoms with Gasteiger partial charge < -0.3 is 0 Å². The normalized spacial score (nSPS) is 11.2. The Hall–Kier alpha value is -0.920. The second-order valence-corrected chi connectivity index (χ2v) is 1.48. The van der Waals surface area contributed by atoms with Crippen LogP contribution in [0.15, 0.2) is 35.2 Å². The van der Waals surface area contributed by atoms with Crippen molar-refractivity contribution in [3.05, 3.63) is 24.9 Å². The van der Waals surface area contributed by atoms with Crippen molar-refractivity contribution in [2.45, 2.75) is 13.3 Å². The molecule has 0 saturated carbocycles. The smallest absolute Gasteiger partial charge is 0.0574 e. The van der Waals surface area contributed by atoms with Crippen LogP contribution in [0.25, 0.3) is 0 Å². The zero-order valence-corrected chi connectivity index (χ0v) is 5.75. The minimum absolute atomic E-state index is 0.748. The van der Waals surface area contributed by atoms with Gasteiger partial charge in [0.25, 0.3) is 0 Å². The molecule has 0 spiro atoms. The lowest BCUT2D eigenvalue weighted by atomic mass is 10.4. The first-order chi connectivity index (χ1) is 4.41. The van der Waals surface area contributed by atoms with Gasteiger partial charge in [-0.05, 0) is 13.3 Å². The van der Waals surface area contributed by atoms with Gasteiger partial charge in [-0.2, -0.15) is 10.2 Å². The standard InChI is InChI=1S/C7H12N2/c1-3-5-6-7-9-8-4-2/h3,6-7H,1,4-5H2,2H3/b7-6+,9-8?. The predicted molar refractivity (Wildman–Crippen MR) is 39.4 cm³/mol. The van der Waals surface area contributed by atoms with E-state index in [0.717, 1.165) is 13.0 Å². The van der Waals surface area contributed by atoms with Crippen LogP contribution in [0.1, 0.15) is 13.3 Å². The molecule has 0 unspecified atom stereocenters. The third-order valence-electron chi connectivity index (χ3n) is 0.698. The van der Waals surface area contributed by atoms with Gasteiger partial charge >= 0.3 is 0 Å². The number of azo groups is 1. The van der Waals surface area contributed by atoms with Crippen LogP contribution in [0.5, 0.6) is 0 Å². The van der Waals surface area contributed by atoms with Gasteiger partial charge in [-0.15, -0.1) is 6.58 Å². The van der Waals surface area contributed by atoms with E-state index >= 15 is 0 Å². The van der Waals surface area contributed by atoms with Crippen molar-refractivity contribution < 1.29 is 0 Å². The molecule has 0 aromatic carbocycles. The molecule has 0 fully saturated rings. The van der Waals surface area contributed by atoms with Crippen molar-refractivity contribution >= 4 is 0 Å². The minimum Gasteiger partial charge on any atom is -0.190 e. The fourth-order valence-electron chi connectivity index (χ4n) is 0.333. The highest BCUT2D eigenvalue weighted by atomic mass is 15.1. The Balaban J connectivity index is 3.23. The molecular weight excluding hydrogens is 112 g/mol. The summed E-state index contributed by atoms with van der Waals surface area (Å²) in [6, 6.07) is 0. The second kappa shape index (κ2) is 7.08. The number of hydrogen-bond acceptors (Lipinski definition) is 2. The van der Waals surface area contributed by atoms with Gasteiger partial charge in [0.05, 0.1) is 6.54 Å². The van der Waals surface area contributed by atoms with Gasteiger partial charge in [-0.1, -0.05) is 12.2 Å². The highest BCUT2D eigenvalue weighted by molar-refractivity contribution is 4.85. The molecule has 0 aliphatic heterocycles. The van der Waals surface area contributed by atoms with E-state index in [9.17, 15) is 0 Å². The Morgan fingerprint density at radius 2 is 2.33 bits per heavy atom. The monoisotopic (exact) mass is 124 g/mol. The summed E-state index contributed by atoms with van der Waals surface area (Å²) in [5.74, 6) is 0. The fourth-order valence-corrected chi connectivity index (χ4v) is 0.333. The predicted octanol–water partition coefficient (Wildman–Crippen LogP) is 2.55. The van der Waals surface area contributed by atoms with E-state index in [1.54, 1.807) is 6.20 Å². The van der Waals surface area contributed by atoms with Crippen molar-refractivity contribution in [3.8, 4) is 0 Å². The lowest BCUT2D eigenvalue weighted by Gasteiger charge is -1.75. The van der Waals surface area contributed by atoms with Crippen molar-refractivity contribution in [2.24, 2.45) is 10.2 Å². The number of hydrogen-bond donors (Lipinski definition) is 0. The van der Waals surface area contributed by atoms with Crippen molar-refractivity contribution in [1.82, 2.24) is 0 Å². The van der Waals surface area contributed by atoms with Crippen LogP contribution in [0.3, 0.4) is 0 Å². The highest BCUT2D eigenvalue weighted by Gasteiger charge is 1.65. The van der Waals surface area contributed by atoms with Crippen molar-refractivity contribution in [1.29, 1.82) is 0 Å². The first-order valence-electron chi connectivity index (χ1n) is 3.04. The van der Waals surface area contributed by atoms with E-state index in [4.69, 9.17) is 0 Å². The summed E-state index contributed by atoms with van der Waals surface area (Å²) in [7, 11) is 0. The first kappa shape index (κ1) is 8.08.